The molecule has 6 aliphatic rings. The Morgan fingerprint density at radius 1 is 0.216 bits per heavy atom. The minimum atomic E-state index is -0.346. The van der Waals surface area contributed by atoms with Gasteiger partial charge >= 0.3 is 0 Å². The average molecular weight is 1960 g/mol. The van der Waals surface area contributed by atoms with Crippen molar-refractivity contribution in [3.63, 3.8) is 0 Å². The van der Waals surface area contributed by atoms with E-state index in [9.17, 15) is 0 Å². The lowest BCUT2D eigenvalue weighted by Gasteiger charge is -2.80. The number of ether oxygens (including phenoxy) is 6. The van der Waals surface area contributed by atoms with Crippen LogP contribution in [-0.2, 0) is 28.4 Å². The van der Waals surface area contributed by atoms with E-state index in [0.29, 0.717) is 71.4 Å². The molecule has 2 aliphatic heterocycles. The van der Waals surface area contributed by atoms with Crippen molar-refractivity contribution in [2.75, 3.05) is 46.1 Å². The summed E-state index contributed by atoms with van der Waals surface area (Å²) in [5.41, 5.74) is 6.38. The van der Waals surface area contributed by atoms with Crippen molar-refractivity contribution in [3.8, 4) is 0 Å². The summed E-state index contributed by atoms with van der Waals surface area (Å²) >= 11 is 0. The lowest BCUT2D eigenvalue weighted by molar-refractivity contribution is -0.370. The van der Waals surface area contributed by atoms with E-state index in [-0.39, 0.29) is 152 Å². The minimum Gasteiger partial charge on any atom is -0.380 e. The summed E-state index contributed by atoms with van der Waals surface area (Å²) in [4.78, 5) is 2.62. The van der Waals surface area contributed by atoms with Crippen molar-refractivity contribution in [2.45, 2.75) is 617 Å². The molecule has 6 fully saturated rings. The van der Waals surface area contributed by atoms with Gasteiger partial charge in [-0.15, -0.1) is 0 Å². The predicted molar refractivity (Wildman–Crippen MR) is 617 cm³/mol. The lowest BCUT2D eigenvalue weighted by Crippen LogP contribution is -2.71. The monoisotopic (exact) mass is 1960 g/mol. The highest BCUT2D eigenvalue weighted by Gasteiger charge is 2.76. The van der Waals surface area contributed by atoms with Crippen LogP contribution >= 0.6 is 0 Å². The maximum absolute atomic E-state index is 7.80. The molecule has 10 atom stereocenters. The second-order valence-electron chi connectivity index (χ2n) is 76.3. The minimum absolute atomic E-state index is 0.0353. The topological polar surface area (TPSA) is 58.6 Å². The van der Waals surface area contributed by atoms with E-state index in [4.69, 9.17) is 28.4 Å². The Hall–Kier alpha value is -0.280. The molecular formula is C132H263NO6. The smallest absolute Gasteiger partial charge is 0.162 e. The lowest BCUT2D eigenvalue weighted by atomic mass is 9.25. The number of hydrogen-bond acceptors (Lipinski definition) is 7. The van der Waals surface area contributed by atoms with Crippen LogP contribution < -0.4 is 0 Å². The van der Waals surface area contributed by atoms with E-state index in [1.807, 2.05) is 0 Å². The van der Waals surface area contributed by atoms with Crippen LogP contribution in [0.3, 0.4) is 0 Å². The standard InChI is InChI=1S/C47H96O2.C44H86O4.C26H48.C15H33N/c1-37(2,3)25-45(26-38(4,5)6,27-39(7,8)9)33-48-35-47(31-43(19,20)21,32-44(22,23)24)36-49-34-46(28-40(10,11)12,29-41(13,14)15)30-42(16,17)18;1-37(2,3)25-27-29(39(7,8)9)30(40(10,11)12)32(42(16,17)18)35(45-27)47-34-28(26-38(4,5)6)46-36(48-44(22,23)24)33(43(19,20)21)31(34)41(13,14)15;1-19(2,3)23-13-24(20(4,5)6)16-25(14-23,21(7,8)9)18-26(15-23,17-24)22(10,11)12;1-13(2,3)10-16(11-14(4,5)6)12-15(7,8)9/h25-36H2,1-24H3;27-36H,25-26H2,1-24H3;13-18H2,1-12H3;10-12H2,1-9H3. The molecule has 0 radical (unpaired) electrons. The second-order valence-corrected chi connectivity index (χ2v) is 76.3. The number of nitrogens with zero attached hydrogens (tertiary/aromatic N) is 1. The molecule has 0 aromatic rings. The molecule has 7 heteroatoms. The van der Waals surface area contributed by atoms with Crippen LogP contribution in [0, 0.1) is 187 Å². The molecule has 0 amide bonds. The highest BCUT2D eigenvalue weighted by molar-refractivity contribution is 5.25. The summed E-state index contributed by atoms with van der Waals surface area (Å²) in [6.45, 7) is 173. The molecule has 139 heavy (non-hydrogen) atoms. The van der Waals surface area contributed by atoms with Crippen LogP contribution in [0.2, 0.25) is 0 Å². The van der Waals surface area contributed by atoms with Gasteiger partial charge in [-0.1, -0.05) is 457 Å². The van der Waals surface area contributed by atoms with Crippen LogP contribution in [-0.4, -0.2) is 87.5 Å². The molecule has 2 saturated heterocycles. The molecule has 0 spiro atoms. The van der Waals surface area contributed by atoms with Crippen molar-refractivity contribution < 1.29 is 28.4 Å². The first-order valence-corrected chi connectivity index (χ1v) is 57.5. The molecule has 4 bridgehead atoms. The zero-order valence-electron chi connectivity index (χ0n) is 109. The van der Waals surface area contributed by atoms with Crippen molar-refractivity contribution in [1.29, 1.82) is 0 Å². The third-order valence-electron chi connectivity index (χ3n) is 32.3. The molecule has 6 rings (SSSR count). The fraction of sp³-hybridized carbons (Fsp3) is 1.00. The number of rotatable bonds is 24. The summed E-state index contributed by atoms with van der Waals surface area (Å²) < 4.78 is 43.9. The first-order valence-electron chi connectivity index (χ1n) is 57.5. The first kappa shape index (κ1) is 135. The Bertz CT molecular complexity index is 3300. The van der Waals surface area contributed by atoms with Gasteiger partial charge in [-0.2, -0.15) is 0 Å². The van der Waals surface area contributed by atoms with E-state index in [1.165, 1.54) is 96.7 Å². The van der Waals surface area contributed by atoms with Gasteiger partial charge in [0.1, 0.15) is 0 Å². The Balaban J connectivity index is 0.000000673. The second kappa shape index (κ2) is 44.1. The molecule has 0 N–H and O–H groups in total. The summed E-state index contributed by atoms with van der Waals surface area (Å²) in [5, 5.41) is 0. The molecule has 4 aliphatic carbocycles. The van der Waals surface area contributed by atoms with Gasteiger partial charge < -0.3 is 33.3 Å². The average Bonchev–Trinajstić information content (AvgIpc) is 0.652. The van der Waals surface area contributed by atoms with Crippen molar-refractivity contribution >= 4 is 0 Å². The van der Waals surface area contributed by atoms with Gasteiger partial charge in [-0.3, -0.25) is 0 Å². The molecule has 7 nitrogen and oxygen atoms in total. The Kier molecular flexibility index (Phi) is 42.7. The predicted octanol–water partition coefficient (Wildman–Crippen LogP) is 41.2. The molecule has 0 aromatic heterocycles. The summed E-state index contributed by atoms with van der Waals surface area (Å²) in [6.07, 6.45) is 19.0. The van der Waals surface area contributed by atoms with E-state index in [1.54, 1.807) is 0 Å². The van der Waals surface area contributed by atoms with Gasteiger partial charge in [0.15, 0.2) is 12.6 Å². The highest BCUT2D eigenvalue weighted by atomic mass is 16.7. The van der Waals surface area contributed by atoms with E-state index >= 15 is 0 Å². The number of hydrogen-bond donors (Lipinski definition) is 0. The van der Waals surface area contributed by atoms with E-state index in [2.05, 4.69) is 483 Å². The Morgan fingerprint density at radius 2 is 0.417 bits per heavy atom. The molecule has 4 saturated carbocycles. The van der Waals surface area contributed by atoms with E-state index < -0.39 is 0 Å². The van der Waals surface area contributed by atoms with Crippen LogP contribution in [0.15, 0.2) is 0 Å². The first-order chi connectivity index (χ1) is 59.9. The summed E-state index contributed by atoms with van der Waals surface area (Å²) in [6, 6.07) is 0. The molecular weight excluding hydrogens is 1700 g/mol. The SMILES string of the molecule is CC(C)(C)C12CC3(C(C)(C)C)CC(C(C)(C)C)(C1)CC(C(C)(C)C)(C2)C3.CC(C)(C)CC(COCC(CC(C)(C)C)(CC(C)(C)C)CC(C)(C)C)(COCC(CC(C)(C)C)(CC(C)(C)C)CC(C)(C)C)CC(C)(C)C.CC(C)(C)CC1OC(OC(C)(C)C)C(C(C)(C)C)C(C(C)(C)C)C1OC1OC(CC(C)(C)C)C(C(C)(C)C)C(C(C)(C)C)C1C(C)(C)C.CC(C)(C)CN(CC(C)(C)C)CC(C)(C)C. The maximum Gasteiger partial charge on any atom is 0.162 e. The maximum atomic E-state index is 7.80. The van der Waals surface area contributed by atoms with Crippen LogP contribution in [0.5, 0.6) is 0 Å². The molecule has 2 heterocycles. The molecule has 832 valence electrons. The normalized spacial score (nSPS) is 27.2. The van der Waals surface area contributed by atoms with E-state index in [0.717, 1.165) is 52.1 Å². The quantitative estimate of drug-likeness (QED) is 0.0954. The largest absolute Gasteiger partial charge is 0.380 e. The van der Waals surface area contributed by atoms with Gasteiger partial charge in [-0.25, -0.2) is 0 Å². The van der Waals surface area contributed by atoms with Crippen LogP contribution in [0.4, 0.5) is 0 Å². The fourth-order valence-electron chi connectivity index (χ4n) is 30.4. The zero-order valence-corrected chi connectivity index (χ0v) is 109. The summed E-state index contributed by atoms with van der Waals surface area (Å²) in [7, 11) is 0. The van der Waals surface area contributed by atoms with Gasteiger partial charge in [-0.05, 0) is 287 Å². The third-order valence-corrected chi connectivity index (χ3v) is 32.3. The van der Waals surface area contributed by atoms with Gasteiger partial charge in [0.25, 0.3) is 0 Å². The van der Waals surface area contributed by atoms with Crippen LogP contribution in [0.25, 0.3) is 0 Å². The Labute approximate surface area is 877 Å². The van der Waals surface area contributed by atoms with Crippen molar-refractivity contribution in [1.82, 2.24) is 4.90 Å². The van der Waals surface area contributed by atoms with Crippen molar-refractivity contribution in [3.05, 3.63) is 0 Å². The zero-order chi connectivity index (χ0) is 111. The highest BCUT2D eigenvalue weighted by Crippen LogP contribution is 2.85. The third kappa shape index (κ3) is 44.1. The van der Waals surface area contributed by atoms with Crippen LogP contribution in [0.1, 0.15) is 580 Å². The molecule has 10 unspecified atom stereocenters. The van der Waals surface area contributed by atoms with Crippen molar-refractivity contribution in [2.24, 2.45) is 187 Å². The van der Waals surface area contributed by atoms with Gasteiger partial charge in [0, 0.05) is 42.8 Å². The fourth-order valence-corrected chi connectivity index (χ4v) is 30.4. The summed E-state index contributed by atoms with van der Waals surface area (Å²) in [5.74, 6) is 1.30. The Morgan fingerprint density at radius 3 is 0.612 bits per heavy atom. The van der Waals surface area contributed by atoms with Gasteiger partial charge in [0.05, 0.1) is 50.3 Å². The molecule has 0 aromatic carbocycles. The van der Waals surface area contributed by atoms with Gasteiger partial charge in [0.2, 0.25) is 0 Å².